The number of Topliss-reactive ketones (excluding diaryl/α,β-unsaturated/α-hetero) is 3. The van der Waals surface area contributed by atoms with Gasteiger partial charge in [-0.3, -0.25) is 23.9 Å². The highest BCUT2D eigenvalue weighted by molar-refractivity contribution is 9.10. The number of nitrogens with zero attached hydrogens (tertiary/aromatic N) is 4. The van der Waals surface area contributed by atoms with Crippen molar-refractivity contribution in [1.82, 2.24) is 19.7 Å². The van der Waals surface area contributed by atoms with Gasteiger partial charge in [0, 0.05) is 31.2 Å². The molecule has 0 spiro atoms. The molecule has 3 atom stereocenters. The van der Waals surface area contributed by atoms with E-state index in [1.807, 2.05) is 37.3 Å². The summed E-state index contributed by atoms with van der Waals surface area (Å²) >= 11 is 3.41. The molecule has 4 heterocycles. The number of benzene rings is 1. The Kier molecular flexibility index (Phi) is 7.72. The summed E-state index contributed by atoms with van der Waals surface area (Å²) in [5, 5.41) is 5.38. The van der Waals surface area contributed by atoms with E-state index in [9.17, 15) is 19.2 Å². The number of amides is 1. The molecule has 0 radical (unpaired) electrons. The van der Waals surface area contributed by atoms with Crippen molar-refractivity contribution < 1.29 is 19.2 Å². The number of rotatable bonds is 4. The summed E-state index contributed by atoms with van der Waals surface area (Å²) in [6.07, 6.45) is 9.52. The summed E-state index contributed by atoms with van der Waals surface area (Å²) in [7, 11) is 0. The maximum absolute atomic E-state index is 14.2. The zero-order valence-corrected chi connectivity index (χ0v) is 25.7. The lowest BCUT2D eigenvalue weighted by molar-refractivity contribution is -0.139. The van der Waals surface area contributed by atoms with Crippen LogP contribution in [0.2, 0.25) is 0 Å². The van der Waals surface area contributed by atoms with Crippen molar-refractivity contribution in [2.75, 3.05) is 0 Å². The molecule has 1 saturated heterocycles. The Morgan fingerprint density at radius 1 is 1.05 bits per heavy atom. The summed E-state index contributed by atoms with van der Waals surface area (Å²) in [5.41, 5.74) is 3.57. The molecule has 3 aromatic rings. The van der Waals surface area contributed by atoms with Gasteiger partial charge in [0.15, 0.2) is 11.6 Å². The highest BCUT2D eigenvalue weighted by Gasteiger charge is 2.66. The maximum Gasteiger partial charge on any atom is 0.245 e. The van der Waals surface area contributed by atoms with Crippen LogP contribution in [-0.4, -0.2) is 55.0 Å². The fourth-order valence-corrected chi connectivity index (χ4v) is 7.31. The first-order valence-corrected chi connectivity index (χ1v) is 15.6. The fraction of sp³-hybridized carbons (Fsp3) is 0.455. The second-order valence-corrected chi connectivity index (χ2v) is 12.9. The lowest BCUT2D eigenvalue weighted by atomic mass is 9.90. The van der Waals surface area contributed by atoms with Crippen molar-refractivity contribution >= 4 is 50.1 Å². The minimum absolute atomic E-state index is 0.0371. The zero-order valence-electron chi connectivity index (χ0n) is 24.1. The minimum atomic E-state index is -0.582. The van der Waals surface area contributed by atoms with E-state index >= 15 is 0 Å². The van der Waals surface area contributed by atoms with Crippen LogP contribution in [0.15, 0.2) is 47.1 Å². The summed E-state index contributed by atoms with van der Waals surface area (Å²) in [5.74, 6) is -0.138. The van der Waals surface area contributed by atoms with Crippen LogP contribution in [-0.2, 0) is 33.8 Å². The van der Waals surface area contributed by atoms with Gasteiger partial charge in [0.1, 0.15) is 22.6 Å². The standard InChI is InChI=1S/C33H35BrN4O4/c1-20-12-13-29(34)35-25(20)16-27(41)26-17-33-15-14-23(40)10-6-4-3-5-8-22-9-7-11-24-31(21(2)39)36-37(32(22)24)19-30(42)38(26)28(33)18-33/h3-4,7,9,11-13,26,28H,5-6,8,10,14-19H2,1-2H3/b4-3+/t26-,28+,33-/m0/s1. The third-order valence-electron chi connectivity index (χ3n) is 9.30. The maximum atomic E-state index is 14.2. The van der Waals surface area contributed by atoms with Gasteiger partial charge in [0.2, 0.25) is 5.91 Å². The van der Waals surface area contributed by atoms with Crippen LogP contribution in [0, 0.1) is 12.3 Å². The Labute approximate surface area is 253 Å². The highest BCUT2D eigenvalue weighted by Crippen LogP contribution is 2.62. The lowest BCUT2D eigenvalue weighted by Crippen LogP contribution is -2.45. The van der Waals surface area contributed by atoms with Gasteiger partial charge in [-0.05, 0) is 84.0 Å². The molecule has 2 fully saturated rings. The number of hydrogen-bond acceptors (Lipinski definition) is 6. The monoisotopic (exact) mass is 630 g/mol. The summed E-state index contributed by atoms with van der Waals surface area (Å²) < 4.78 is 2.33. The predicted molar refractivity (Wildman–Crippen MR) is 162 cm³/mol. The first kappa shape index (κ1) is 28.6. The average Bonchev–Trinajstić information content (AvgIpc) is 3.36. The molecular weight excluding hydrogens is 596 g/mol. The van der Waals surface area contributed by atoms with Crippen LogP contribution in [0.1, 0.15) is 79.2 Å². The molecule has 2 aromatic heterocycles. The van der Waals surface area contributed by atoms with E-state index in [4.69, 9.17) is 0 Å². The minimum Gasteiger partial charge on any atom is -0.327 e. The molecule has 3 aliphatic rings. The van der Waals surface area contributed by atoms with Crippen molar-refractivity contribution in [3.63, 3.8) is 0 Å². The largest absolute Gasteiger partial charge is 0.327 e. The van der Waals surface area contributed by atoms with Crippen LogP contribution in [0.3, 0.4) is 0 Å². The van der Waals surface area contributed by atoms with Crippen LogP contribution >= 0.6 is 15.9 Å². The van der Waals surface area contributed by atoms with Gasteiger partial charge in [-0.2, -0.15) is 5.10 Å². The number of aromatic nitrogens is 3. The molecule has 9 heteroatoms. The van der Waals surface area contributed by atoms with E-state index in [1.54, 1.807) is 9.58 Å². The van der Waals surface area contributed by atoms with E-state index in [-0.39, 0.29) is 47.7 Å². The van der Waals surface area contributed by atoms with Crippen LogP contribution in [0.4, 0.5) is 0 Å². The molecule has 8 nitrogen and oxygen atoms in total. The Balaban J connectivity index is 1.37. The van der Waals surface area contributed by atoms with E-state index < -0.39 is 6.04 Å². The molecule has 0 unspecified atom stereocenters. The molecule has 1 aliphatic carbocycles. The second-order valence-electron chi connectivity index (χ2n) is 12.1. The highest BCUT2D eigenvalue weighted by atomic mass is 79.9. The summed E-state index contributed by atoms with van der Waals surface area (Å²) in [6.45, 7) is 3.37. The van der Waals surface area contributed by atoms with Gasteiger partial charge in [-0.1, -0.05) is 36.4 Å². The third-order valence-corrected chi connectivity index (χ3v) is 9.74. The quantitative estimate of drug-likeness (QED) is 0.214. The number of ketones is 3. The van der Waals surface area contributed by atoms with E-state index in [2.05, 4.69) is 38.2 Å². The number of allylic oxidation sites excluding steroid dienone is 2. The molecule has 1 saturated carbocycles. The molecule has 42 heavy (non-hydrogen) atoms. The van der Waals surface area contributed by atoms with Gasteiger partial charge in [-0.25, -0.2) is 4.98 Å². The van der Waals surface area contributed by atoms with E-state index in [0.29, 0.717) is 54.5 Å². The van der Waals surface area contributed by atoms with Gasteiger partial charge in [0.25, 0.3) is 0 Å². The summed E-state index contributed by atoms with van der Waals surface area (Å²) in [6, 6.07) is 8.95. The second kappa shape index (κ2) is 11.3. The van der Waals surface area contributed by atoms with Gasteiger partial charge in [-0.15, -0.1) is 0 Å². The van der Waals surface area contributed by atoms with Gasteiger partial charge < -0.3 is 4.90 Å². The van der Waals surface area contributed by atoms with Gasteiger partial charge >= 0.3 is 0 Å². The number of carbonyl (C=O) groups excluding carboxylic acids is 4. The van der Waals surface area contributed by atoms with E-state index in [0.717, 1.165) is 34.9 Å². The molecule has 2 bridgehead atoms. The molecule has 1 aromatic carbocycles. The van der Waals surface area contributed by atoms with Gasteiger partial charge in [0.05, 0.1) is 23.7 Å². The van der Waals surface area contributed by atoms with Crippen LogP contribution in [0.25, 0.3) is 10.9 Å². The summed E-state index contributed by atoms with van der Waals surface area (Å²) in [4.78, 5) is 59.6. The van der Waals surface area contributed by atoms with Crippen molar-refractivity contribution in [2.45, 2.75) is 90.3 Å². The molecule has 0 N–H and O–H groups in total. The third kappa shape index (κ3) is 5.39. The molecule has 2 aliphatic heterocycles. The molecule has 6 rings (SSSR count). The Hall–Kier alpha value is -3.46. The SMILES string of the molecule is CC(=O)c1nn2c3c(cccc13)CC/C=C/CCC(=O)CC[C@@]13C[C@@H](C(=O)Cc4nc(Br)ccc4C)N(C(=O)C2)[C@@H]1C3. The first-order chi connectivity index (χ1) is 20.2. The van der Waals surface area contributed by atoms with Crippen molar-refractivity contribution in [3.8, 4) is 0 Å². The molecule has 218 valence electrons. The number of pyridine rings is 1. The van der Waals surface area contributed by atoms with E-state index in [1.165, 1.54) is 6.92 Å². The number of piperidine rings is 1. The Bertz CT molecular complexity index is 1640. The Morgan fingerprint density at radius 3 is 2.62 bits per heavy atom. The topological polar surface area (TPSA) is 102 Å². The molecular formula is C33H35BrN4O4. The van der Waals surface area contributed by atoms with Crippen molar-refractivity contribution in [3.05, 3.63) is 69.6 Å². The van der Waals surface area contributed by atoms with Crippen LogP contribution < -0.4 is 0 Å². The zero-order chi connectivity index (χ0) is 29.6. The predicted octanol–water partition coefficient (Wildman–Crippen LogP) is 5.51. The van der Waals surface area contributed by atoms with Crippen molar-refractivity contribution in [1.29, 1.82) is 0 Å². The number of carbonyl (C=O) groups is 4. The first-order valence-electron chi connectivity index (χ1n) is 14.8. The number of halogens is 1. The number of aryl methyl sites for hydroxylation is 2. The Morgan fingerprint density at radius 2 is 1.83 bits per heavy atom. The fourth-order valence-electron chi connectivity index (χ4n) is 6.96. The van der Waals surface area contributed by atoms with Crippen molar-refractivity contribution in [2.24, 2.45) is 5.41 Å². The average molecular weight is 632 g/mol. The normalized spacial score (nSPS) is 25.3. The lowest BCUT2D eigenvalue weighted by Gasteiger charge is -2.27. The molecule has 1 amide bonds. The van der Waals surface area contributed by atoms with Crippen LogP contribution in [0.5, 0.6) is 0 Å². The smallest absolute Gasteiger partial charge is 0.245 e. The number of hydrogen-bond donors (Lipinski definition) is 0. The number of para-hydroxylation sites is 1.